The Labute approximate surface area is 119 Å². The molecular formula is C15H21NO4. The maximum Gasteiger partial charge on any atom is 0.305 e. The second-order valence-electron chi connectivity index (χ2n) is 4.81. The van der Waals surface area contributed by atoms with Crippen LogP contribution >= 0.6 is 0 Å². The maximum absolute atomic E-state index is 12.0. The Morgan fingerprint density at radius 1 is 1.35 bits per heavy atom. The number of rotatable bonds is 7. The molecule has 0 aliphatic rings. The van der Waals surface area contributed by atoms with Crippen molar-refractivity contribution in [3.05, 3.63) is 29.8 Å². The number of para-hydroxylation sites is 1. The first kappa shape index (κ1) is 16.0. The topological polar surface area (TPSA) is 66.8 Å². The third-order valence-electron chi connectivity index (χ3n) is 3.24. The number of amides is 1. The van der Waals surface area contributed by atoms with Crippen LogP contribution in [0.15, 0.2) is 24.3 Å². The van der Waals surface area contributed by atoms with Crippen molar-refractivity contribution in [3.63, 3.8) is 0 Å². The standard InChI is InChI=1S/C15H21NO4/c1-11(12-6-4-5-7-13(12)20-3)10-14(17)16(2)9-8-15(18)19/h4-7,11H,8-10H2,1-3H3,(H,18,19). The van der Waals surface area contributed by atoms with Gasteiger partial charge in [-0.1, -0.05) is 25.1 Å². The third-order valence-corrected chi connectivity index (χ3v) is 3.24. The molecule has 1 aromatic rings. The Bertz CT molecular complexity index is 473. The number of aliphatic carboxylic acids is 1. The number of carbonyl (C=O) groups is 2. The number of benzene rings is 1. The molecule has 1 amide bonds. The highest BCUT2D eigenvalue weighted by Gasteiger charge is 2.17. The van der Waals surface area contributed by atoms with Crippen LogP contribution in [0.1, 0.15) is 31.2 Å². The molecular weight excluding hydrogens is 258 g/mol. The molecule has 1 unspecified atom stereocenters. The lowest BCUT2D eigenvalue weighted by Gasteiger charge is -2.20. The molecule has 0 aromatic heterocycles. The van der Waals surface area contributed by atoms with E-state index in [4.69, 9.17) is 9.84 Å². The summed E-state index contributed by atoms with van der Waals surface area (Å²) in [5, 5.41) is 8.62. The predicted octanol–water partition coefficient (Wildman–Crippen LogP) is 2.12. The van der Waals surface area contributed by atoms with Crippen molar-refractivity contribution in [2.45, 2.75) is 25.7 Å². The number of carboxylic acids is 1. The molecule has 0 radical (unpaired) electrons. The second kappa shape index (κ2) is 7.53. The van der Waals surface area contributed by atoms with Crippen LogP contribution in [0.4, 0.5) is 0 Å². The average molecular weight is 279 g/mol. The summed E-state index contributed by atoms with van der Waals surface area (Å²) in [6.45, 7) is 2.19. The van der Waals surface area contributed by atoms with Crippen molar-refractivity contribution in [2.75, 3.05) is 20.7 Å². The van der Waals surface area contributed by atoms with Gasteiger partial charge in [-0.15, -0.1) is 0 Å². The molecule has 0 bridgehead atoms. The van der Waals surface area contributed by atoms with Gasteiger partial charge >= 0.3 is 5.97 Å². The summed E-state index contributed by atoms with van der Waals surface area (Å²) >= 11 is 0. The van der Waals surface area contributed by atoms with Gasteiger partial charge in [0.15, 0.2) is 0 Å². The van der Waals surface area contributed by atoms with Gasteiger partial charge in [0.2, 0.25) is 5.91 Å². The monoisotopic (exact) mass is 279 g/mol. The number of carboxylic acid groups (broad SMARTS) is 1. The third kappa shape index (κ3) is 4.57. The highest BCUT2D eigenvalue weighted by atomic mass is 16.5. The van der Waals surface area contributed by atoms with E-state index in [-0.39, 0.29) is 24.8 Å². The highest BCUT2D eigenvalue weighted by molar-refractivity contribution is 5.77. The summed E-state index contributed by atoms with van der Waals surface area (Å²) in [5.41, 5.74) is 0.981. The van der Waals surface area contributed by atoms with Gasteiger partial charge in [-0.25, -0.2) is 0 Å². The highest BCUT2D eigenvalue weighted by Crippen LogP contribution is 2.28. The minimum absolute atomic E-state index is 0.0194. The van der Waals surface area contributed by atoms with Crippen molar-refractivity contribution >= 4 is 11.9 Å². The summed E-state index contributed by atoms with van der Waals surface area (Å²) in [4.78, 5) is 24.0. The number of carbonyl (C=O) groups excluding carboxylic acids is 1. The molecule has 1 atom stereocenters. The van der Waals surface area contributed by atoms with Crippen LogP contribution in [-0.2, 0) is 9.59 Å². The van der Waals surface area contributed by atoms with E-state index < -0.39 is 5.97 Å². The molecule has 0 aliphatic heterocycles. The van der Waals surface area contributed by atoms with Crippen molar-refractivity contribution in [3.8, 4) is 5.75 Å². The molecule has 20 heavy (non-hydrogen) atoms. The SMILES string of the molecule is COc1ccccc1C(C)CC(=O)N(C)CCC(=O)O. The summed E-state index contributed by atoms with van der Waals surface area (Å²) in [6, 6.07) is 7.60. The maximum atomic E-state index is 12.0. The molecule has 1 N–H and O–H groups in total. The molecule has 1 rings (SSSR count). The van der Waals surface area contributed by atoms with Gasteiger partial charge in [0.25, 0.3) is 0 Å². The van der Waals surface area contributed by atoms with Crippen molar-refractivity contribution < 1.29 is 19.4 Å². The lowest BCUT2D eigenvalue weighted by molar-refractivity contribution is -0.138. The van der Waals surface area contributed by atoms with Crippen molar-refractivity contribution in [1.82, 2.24) is 4.90 Å². The van der Waals surface area contributed by atoms with Crippen LogP contribution < -0.4 is 4.74 Å². The fraction of sp³-hybridized carbons (Fsp3) is 0.467. The van der Waals surface area contributed by atoms with E-state index in [0.29, 0.717) is 6.42 Å². The fourth-order valence-corrected chi connectivity index (χ4v) is 1.99. The van der Waals surface area contributed by atoms with Crippen LogP contribution in [0, 0.1) is 0 Å². The van der Waals surface area contributed by atoms with Crippen LogP contribution in [0.5, 0.6) is 5.75 Å². The molecule has 0 heterocycles. The van der Waals surface area contributed by atoms with E-state index in [2.05, 4.69) is 0 Å². The molecule has 110 valence electrons. The van der Waals surface area contributed by atoms with Gasteiger partial charge in [0, 0.05) is 20.0 Å². The molecule has 0 fully saturated rings. The number of methoxy groups -OCH3 is 1. The Morgan fingerprint density at radius 3 is 2.60 bits per heavy atom. The van der Waals surface area contributed by atoms with E-state index >= 15 is 0 Å². The number of nitrogens with zero attached hydrogens (tertiary/aromatic N) is 1. The Hall–Kier alpha value is -2.04. The Kier molecular flexibility index (Phi) is 6.03. The van der Waals surface area contributed by atoms with Gasteiger partial charge in [-0.3, -0.25) is 9.59 Å². The van der Waals surface area contributed by atoms with Crippen LogP contribution in [0.2, 0.25) is 0 Å². The lowest BCUT2D eigenvalue weighted by Crippen LogP contribution is -2.29. The van der Waals surface area contributed by atoms with E-state index in [1.807, 2.05) is 31.2 Å². The molecule has 1 aromatic carbocycles. The fourth-order valence-electron chi connectivity index (χ4n) is 1.99. The Balaban J connectivity index is 2.63. The number of hydrogen-bond donors (Lipinski definition) is 1. The van der Waals surface area contributed by atoms with Crippen molar-refractivity contribution in [2.24, 2.45) is 0 Å². The number of hydrogen-bond acceptors (Lipinski definition) is 3. The Morgan fingerprint density at radius 2 is 2.00 bits per heavy atom. The van der Waals surface area contributed by atoms with E-state index in [1.165, 1.54) is 4.90 Å². The molecule has 5 heteroatoms. The molecule has 0 saturated heterocycles. The largest absolute Gasteiger partial charge is 0.496 e. The van der Waals surface area contributed by atoms with Crippen molar-refractivity contribution in [1.29, 1.82) is 0 Å². The molecule has 5 nitrogen and oxygen atoms in total. The first-order valence-corrected chi connectivity index (χ1v) is 6.54. The summed E-state index contributed by atoms with van der Waals surface area (Å²) in [7, 11) is 3.23. The normalized spacial score (nSPS) is 11.8. The van der Waals surface area contributed by atoms with Crippen LogP contribution in [0.25, 0.3) is 0 Å². The molecule has 0 saturated carbocycles. The quantitative estimate of drug-likeness (QED) is 0.830. The average Bonchev–Trinajstić information content (AvgIpc) is 2.44. The van der Waals surface area contributed by atoms with E-state index in [1.54, 1.807) is 14.2 Å². The van der Waals surface area contributed by atoms with Gasteiger partial charge < -0.3 is 14.7 Å². The minimum Gasteiger partial charge on any atom is -0.496 e. The van der Waals surface area contributed by atoms with Crippen LogP contribution in [-0.4, -0.2) is 42.6 Å². The summed E-state index contributed by atoms with van der Waals surface area (Å²) in [5.74, 6) is -0.181. The summed E-state index contributed by atoms with van der Waals surface area (Å²) < 4.78 is 5.28. The molecule has 0 aliphatic carbocycles. The van der Waals surface area contributed by atoms with E-state index in [0.717, 1.165) is 11.3 Å². The smallest absolute Gasteiger partial charge is 0.305 e. The van der Waals surface area contributed by atoms with Crippen LogP contribution in [0.3, 0.4) is 0 Å². The minimum atomic E-state index is -0.901. The zero-order valence-corrected chi connectivity index (χ0v) is 12.1. The zero-order valence-electron chi connectivity index (χ0n) is 12.1. The van der Waals surface area contributed by atoms with Gasteiger partial charge in [-0.05, 0) is 17.5 Å². The van der Waals surface area contributed by atoms with Gasteiger partial charge in [0.05, 0.1) is 13.5 Å². The first-order chi connectivity index (χ1) is 9.45. The summed E-state index contributed by atoms with van der Waals surface area (Å²) in [6.07, 6.45) is 0.293. The second-order valence-corrected chi connectivity index (χ2v) is 4.81. The van der Waals surface area contributed by atoms with Gasteiger partial charge in [0.1, 0.15) is 5.75 Å². The molecule has 0 spiro atoms. The predicted molar refractivity (Wildman–Crippen MR) is 75.9 cm³/mol. The lowest BCUT2D eigenvalue weighted by atomic mass is 9.96. The number of ether oxygens (including phenoxy) is 1. The van der Waals surface area contributed by atoms with E-state index in [9.17, 15) is 9.59 Å². The zero-order chi connectivity index (χ0) is 15.1. The van der Waals surface area contributed by atoms with Gasteiger partial charge in [-0.2, -0.15) is 0 Å². The first-order valence-electron chi connectivity index (χ1n) is 6.54.